The number of hydrogen-bond acceptors (Lipinski definition) is 9. The Morgan fingerprint density at radius 2 is 1.63 bits per heavy atom. The number of aliphatic hydroxyl groups is 4. The first-order valence-electron chi connectivity index (χ1n) is 13.2. The molecule has 1 aliphatic rings. The van der Waals surface area contributed by atoms with Crippen molar-refractivity contribution in [3.8, 4) is 0 Å². The topological polar surface area (TPSA) is 179 Å². The largest absolute Gasteiger partial charge is 0.481 e. The maximum atomic E-state index is 12.2. The lowest BCUT2D eigenvalue weighted by Crippen LogP contribution is -2.40. The number of allylic oxidation sites excluding steroid dienone is 9. The lowest BCUT2D eigenvalue weighted by molar-refractivity contribution is -0.159. The predicted octanol–water partition coefficient (Wildman–Crippen LogP) is 2.86. The van der Waals surface area contributed by atoms with Crippen LogP contribution in [0.2, 0.25) is 0 Å². The van der Waals surface area contributed by atoms with Crippen LogP contribution in [-0.4, -0.2) is 79.6 Å². The summed E-state index contributed by atoms with van der Waals surface area (Å²) in [5.74, 6) is -4.16. The normalized spacial score (nSPS) is 23.3. The van der Waals surface area contributed by atoms with Crippen molar-refractivity contribution in [2.24, 2.45) is 11.8 Å². The second kappa shape index (κ2) is 18.5. The van der Waals surface area contributed by atoms with E-state index >= 15 is 0 Å². The van der Waals surface area contributed by atoms with E-state index in [-0.39, 0.29) is 19.3 Å². The predicted molar refractivity (Wildman–Crippen MR) is 156 cm³/mol. The number of ketones is 2. The Bertz CT molecular complexity index is 1090. The number of rotatable bonds is 16. The van der Waals surface area contributed by atoms with Crippen molar-refractivity contribution in [1.29, 1.82) is 0 Å². The van der Waals surface area contributed by atoms with Crippen molar-refractivity contribution in [2.45, 2.75) is 76.5 Å². The molecule has 0 aromatic heterocycles. The Hall–Kier alpha value is -2.96. The summed E-state index contributed by atoms with van der Waals surface area (Å²) in [5.41, 5.74) is 0.832. The molecule has 226 valence electrons. The van der Waals surface area contributed by atoms with Gasteiger partial charge in [0.05, 0.1) is 24.2 Å². The number of carbonyl (C=O) groups excluding carboxylic acids is 3. The van der Waals surface area contributed by atoms with Crippen molar-refractivity contribution >= 4 is 39.4 Å². The summed E-state index contributed by atoms with van der Waals surface area (Å²) >= 11 is 3.33. The average Bonchev–Trinajstić information content (AvgIpc) is 2.92. The summed E-state index contributed by atoms with van der Waals surface area (Å²) in [7, 11) is 0. The van der Waals surface area contributed by atoms with Crippen molar-refractivity contribution in [2.75, 3.05) is 0 Å². The fourth-order valence-corrected chi connectivity index (χ4v) is 4.35. The van der Waals surface area contributed by atoms with Crippen molar-refractivity contribution in [1.82, 2.24) is 0 Å². The number of aliphatic carboxylic acids is 1. The molecule has 0 aromatic rings. The van der Waals surface area contributed by atoms with E-state index in [2.05, 4.69) is 22.5 Å². The van der Waals surface area contributed by atoms with Gasteiger partial charge in [-0.15, -0.1) is 0 Å². The minimum absolute atomic E-state index is 0.0742. The highest BCUT2D eigenvalue weighted by molar-refractivity contribution is 9.11. The Balaban J connectivity index is 2.58. The van der Waals surface area contributed by atoms with E-state index in [1.54, 1.807) is 43.4 Å². The van der Waals surface area contributed by atoms with Crippen LogP contribution < -0.4 is 0 Å². The third-order valence-electron chi connectivity index (χ3n) is 6.50. The van der Waals surface area contributed by atoms with Crippen LogP contribution in [0.25, 0.3) is 0 Å². The van der Waals surface area contributed by atoms with Gasteiger partial charge >= 0.3 is 11.9 Å². The molecule has 11 heteroatoms. The SMILES string of the molecule is C=CC(=O)C[C@H](O)CC(=O)[C@@H](O)[C@H](O)C(C)/C(Br)=C/C=C/C=C(C)/C=C/C=C/C(=O)O[C@@H]1C[C@@H](C(=O)O)CC[C@@H]1O. The van der Waals surface area contributed by atoms with Gasteiger partial charge in [0.2, 0.25) is 0 Å². The summed E-state index contributed by atoms with van der Waals surface area (Å²) in [6.07, 6.45) is 7.54. The van der Waals surface area contributed by atoms with E-state index in [0.29, 0.717) is 10.9 Å². The van der Waals surface area contributed by atoms with Crippen molar-refractivity contribution in [3.63, 3.8) is 0 Å². The second-order valence-electron chi connectivity index (χ2n) is 9.88. The number of halogens is 1. The first kappa shape index (κ1) is 36.1. The molecule has 0 spiro atoms. The van der Waals surface area contributed by atoms with E-state index in [0.717, 1.165) is 11.6 Å². The number of carboxylic acid groups (broad SMARTS) is 1. The van der Waals surface area contributed by atoms with Gasteiger partial charge in [0, 0.05) is 35.7 Å². The van der Waals surface area contributed by atoms with Crippen LogP contribution in [0.5, 0.6) is 0 Å². The number of hydrogen-bond donors (Lipinski definition) is 5. The highest BCUT2D eigenvalue weighted by atomic mass is 79.9. The summed E-state index contributed by atoms with van der Waals surface area (Å²) in [4.78, 5) is 46.6. The van der Waals surface area contributed by atoms with Crippen LogP contribution in [-0.2, 0) is 23.9 Å². The number of carboxylic acids is 1. The van der Waals surface area contributed by atoms with E-state index in [9.17, 15) is 39.6 Å². The third kappa shape index (κ3) is 13.5. The molecule has 1 saturated carbocycles. The van der Waals surface area contributed by atoms with Crippen LogP contribution in [0.15, 0.2) is 71.3 Å². The summed E-state index contributed by atoms with van der Waals surface area (Å²) in [6.45, 7) is 6.72. The zero-order valence-corrected chi connectivity index (χ0v) is 24.7. The molecule has 0 saturated heterocycles. The number of Topliss-reactive ketones (excluding diaryl/α,β-unsaturated/α-hetero) is 1. The molecule has 1 aliphatic carbocycles. The van der Waals surface area contributed by atoms with Crippen LogP contribution in [0.4, 0.5) is 0 Å². The number of ether oxygens (including phenoxy) is 1. The molecule has 0 heterocycles. The number of esters is 1. The summed E-state index contributed by atoms with van der Waals surface area (Å²) < 4.78 is 5.71. The van der Waals surface area contributed by atoms with E-state index in [1.807, 2.05) is 6.92 Å². The molecule has 1 fully saturated rings. The fraction of sp³-hybridized carbons (Fsp3) is 0.467. The standard InChI is InChI=1S/C30H39BrO10/c1-4-21(32)16-22(33)17-25(35)29(38)28(37)19(3)23(31)11-7-5-9-18(2)10-6-8-12-27(36)41-26-15-20(30(39)40)13-14-24(26)34/h4-12,19-20,22,24,26,28-29,33-34,37-38H,1,13-17H2,2-3H3,(H,39,40)/b7-5+,10-6+,12-8+,18-9+,23-11-/t19?,20-,22-,24-,26+,28+,29+/m0/s1. The summed E-state index contributed by atoms with van der Waals surface area (Å²) in [5, 5.41) is 49.5. The summed E-state index contributed by atoms with van der Waals surface area (Å²) in [6, 6.07) is 0. The van der Waals surface area contributed by atoms with Gasteiger partial charge in [0.1, 0.15) is 12.2 Å². The Labute approximate surface area is 248 Å². The maximum Gasteiger partial charge on any atom is 0.331 e. The molecule has 0 aromatic carbocycles. The smallest absolute Gasteiger partial charge is 0.331 e. The molecule has 0 bridgehead atoms. The first-order valence-corrected chi connectivity index (χ1v) is 13.9. The Morgan fingerprint density at radius 1 is 1.00 bits per heavy atom. The highest BCUT2D eigenvalue weighted by Crippen LogP contribution is 2.27. The van der Waals surface area contributed by atoms with Crippen molar-refractivity contribution in [3.05, 3.63) is 71.3 Å². The first-order chi connectivity index (χ1) is 19.3. The van der Waals surface area contributed by atoms with Crippen LogP contribution in [0, 0.1) is 11.8 Å². The lowest BCUT2D eigenvalue weighted by atomic mass is 9.85. The van der Waals surface area contributed by atoms with E-state index in [4.69, 9.17) is 9.84 Å². The van der Waals surface area contributed by atoms with Gasteiger partial charge in [0.15, 0.2) is 11.6 Å². The fourth-order valence-electron chi connectivity index (χ4n) is 3.92. The lowest BCUT2D eigenvalue weighted by Gasteiger charge is -2.30. The minimum Gasteiger partial charge on any atom is -0.481 e. The molecule has 7 atom stereocenters. The average molecular weight is 640 g/mol. The molecule has 0 aliphatic heterocycles. The molecule has 0 amide bonds. The second-order valence-corrected chi connectivity index (χ2v) is 10.8. The monoisotopic (exact) mass is 638 g/mol. The van der Waals surface area contributed by atoms with Gasteiger partial charge in [-0.2, -0.15) is 0 Å². The van der Waals surface area contributed by atoms with E-state index in [1.165, 1.54) is 12.2 Å². The van der Waals surface area contributed by atoms with Crippen LogP contribution in [0.1, 0.15) is 46.0 Å². The molecular formula is C30H39BrO10. The van der Waals surface area contributed by atoms with E-state index < -0.39 is 72.3 Å². The Kier molecular flexibility index (Phi) is 16.2. The van der Waals surface area contributed by atoms with Gasteiger partial charge in [-0.05, 0) is 25.8 Å². The highest BCUT2D eigenvalue weighted by Gasteiger charge is 2.35. The maximum absolute atomic E-state index is 12.2. The number of carbonyl (C=O) groups is 4. The van der Waals surface area contributed by atoms with Gasteiger partial charge in [-0.3, -0.25) is 14.4 Å². The number of aliphatic hydroxyl groups excluding tert-OH is 4. The molecule has 41 heavy (non-hydrogen) atoms. The van der Waals surface area contributed by atoms with Crippen LogP contribution >= 0.6 is 15.9 Å². The van der Waals surface area contributed by atoms with Gasteiger partial charge in [-0.1, -0.05) is 77.5 Å². The molecule has 0 radical (unpaired) electrons. The molecule has 1 rings (SSSR count). The van der Waals surface area contributed by atoms with Gasteiger partial charge in [-0.25, -0.2) is 4.79 Å². The minimum atomic E-state index is -1.74. The van der Waals surface area contributed by atoms with Gasteiger partial charge < -0.3 is 30.3 Å². The quantitative estimate of drug-likeness (QED) is 0.0958. The van der Waals surface area contributed by atoms with Gasteiger partial charge in [0.25, 0.3) is 0 Å². The molecule has 10 nitrogen and oxygen atoms in total. The van der Waals surface area contributed by atoms with Crippen molar-refractivity contribution < 1.29 is 49.4 Å². The molecule has 5 N–H and O–H groups in total. The molecular weight excluding hydrogens is 600 g/mol. The third-order valence-corrected chi connectivity index (χ3v) is 7.49. The Morgan fingerprint density at radius 3 is 2.27 bits per heavy atom. The zero-order valence-electron chi connectivity index (χ0n) is 23.1. The zero-order chi connectivity index (χ0) is 31.1. The van der Waals surface area contributed by atoms with Crippen LogP contribution in [0.3, 0.4) is 0 Å². The molecule has 1 unspecified atom stereocenters.